The Morgan fingerprint density at radius 2 is 1.58 bits per heavy atom. The van der Waals surface area contributed by atoms with Crippen LogP contribution < -0.4 is 19.3 Å². The van der Waals surface area contributed by atoms with Crippen LogP contribution in [0.25, 0.3) is 0 Å². The Labute approximate surface area is 183 Å². The van der Waals surface area contributed by atoms with Crippen molar-refractivity contribution in [3.8, 4) is 11.5 Å². The van der Waals surface area contributed by atoms with Crippen molar-refractivity contribution >= 4 is 17.4 Å². The third-order valence-electron chi connectivity index (χ3n) is 6.32. The lowest BCUT2D eigenvalue weighted by molar-refractivity contribution is 0.171. The van der Waals surface area contributed by atoms with Crippen molar-refractivity contribution in [1.82, 2.24) is 9.80 Å². The quantitative estimate of drug-likeness (QED) is 0.717. The number of nitrogens with zero attached hydrogens (tertiary/aromatic N) is 4. The van der Waals surface area contributed by atoms with E-state index < -0.39 is 0 Å². The van der Waals surface area contributed by atoms with Gasteiger partial charge in [0.15, 0.2) is 11.5 Å². The van der Waals surface area contributed by atoms with Crippen molar-refractivity contribution in [2.45, 2.75) is 6.42 Å². The van der Waals surface area contributed by atoms with Gasteiger partial charge in [-0.3, -0.25) is 9.80 Å². The summed E-state index contributed by atoms with van der Waals surface area (Å²) in [6.45, 7) is 8.65. The molecule has 2 aromatic rings. The smallest absolute Gasteiger partial charge is 0.324 e. The predicted octanol–water partition coefficient (Wildman–Crippen LogP) is 2.91. The molecule has 0 bridgehead atoms. The first-order valence-electron chi connectivity index (χ1n) is 11.3. The third kappa shape index (κ3) is 4.28. The lowest BCUT2D eigenvalue weighted by Gasteiger charge is -2.37. The average molecular weight is 423 g/mol. The monoisotopic (exact) mass is 422 g/mol. The maximum Gasteiger partial charge on any atom is 0.324 e. The van der Waals surface area contributed by atoms with E-state index in [0.29, 0.717) is 13.2 Å². The van der Waals surface area contributed by atoms with E-state index in [9.17, 15) is 4.79 Å². The molecule has 2 saturated heterocycles. The van der Waals surface area contributed by atoms with Crippen LogP contribution in [-0.2, 0) is 0 Å². The maximum atomic E-state index is 12.7. The van der Waals surface area contributed by atoms with Gasteiger partial charge in [-0.2, -0.15) is 0 Å². The van der Waals surface area contributed by atoms with Crippen molar-refractivity contribution in [2.75, 3.05) is 75.4 Å². The van der Waals surface area contributed by atoms with Gasteiger partial charge >= 0.3 is 6.03 Å². The predicted molar refractivity (Wildman–Crippen MR) is 121 cm³/mol. The second kappa shape index (κ2) is 9.06. The SMILES string of the molecule is O=C1N(CCCN2CCN(c3cccc4c3OCCO4)CC2)CCN1c1ccccc1. The summed E-state index contributed by atoms with van der Waals surface area (Å²) in [6.07, 6.45) is 1.01. The molecule has 0 radical (unpaired) electrons. The molecule has 3 aliphatic heterocycles. The van der Waals surface area contributed by atoms with Crippen LogP contribution in [0, 0.1) is 0 Å². The van der Waals surface area contributed by atoms with Crippen LogP contribution in [0.4, 0.5) is 16.2 Å². The van der Waals surface area contributed by atoms with E-state index in [1.165, 1.54) is 0 Å². The molecule has 0 spiro atoms. The molecule has 31 heavy (non-hydrogen) atoms. The number of carbonyl (C=O) groups excluding carboxylic acids is 1. The Balaban J connectivity index is 1.08. The summed E-state index contributed by atoms with van der Waals surface area (Å²) in [5.41, 5.74) is 2.13. The summed E-state index contributed by atoms with van der Waals surface area (Å²) < 4.78 is 11.6. The standard InChI is InChI=1S/C24H30N4O3/c29-24-27(16-17-28(24)20-6-2-1-3-7-20)11-5-10-25-12-14-26(15-13-25)21-8-4-9-22-23(21)31-19-18-30-22/h1-4,6-9H,5,10-19H2. The first kappa shape index (κ1) is 20.0. The second-order valence-electron chi connectivity index (χ2n) is 8.24. The Kier molecular flexibility index (Phi) is 5.84. The fourth-order valence-corrected chi connectivity index (χ4v) is 4.64. The van der Waals surface area contributed by atoms with Crippen molar-refractivity contribution in [2.24, 2.45) is 0 Å². The molecule has 2 amide bonds. The lowest BCUT2D eigenvalue weighted by Crippen LogP contribution is -2.47. The lowest BCUT2D eigenvalue weighted by atomic mass is 10.2. The van der Waals surface area contributed by atoms with Crippen LogP contribution in [-0.4, -0.2) is 81.4 Å². The van der Waals surface area contributed by atoms with Gasteiger partial charge in [-0.1, -0.05) is 24.3 Å². The average Bonchev–Trinajstić information content (AvgIpc) is 3.20. The fourth-order valence-electron chi connectivity index (χ4n) is 4.64. The summed E-state index contributed by atoms with van der Waals surface area (Å²) in [5, 5.41) is 0. The molecule has 2 fully saturated rings. The Morgan fingerprint density at radius 3 is 2.42 bits per heavy atom. The largest absolute Gasteiger partial charge is 0.486 e. The van der Waals surface area contributed by atoms with Gasteiger partial charge in [0.2, 0.25) is 0 Å². The molecule has 164 valence electrons. The molecule has 0 N–H and O–H groups in total. The number of hydrogen-bond donors (Lipinski definition) is 0. The van der Waals surface area contributed by atoms with E-state index in [1.54, 1.807) is 0 Å². The summed E-state index contributed by atoms with van der Waals surface area (Å²) in [5.74, 6) is 1.74. The highest BCUT2D eigenvalue weighted by molar-refractivity contribution is 5.94. The molecular weight excluding hydrogens is 392 g/mol. The van der Waals surface area contributed by atoms with Crippen LogP contribution in [0.2, 0.25) is 0 Å². The first-order valence-corrected chi connectivity index (χ1v) is 11.3. The van der Waals surface area contributed by atoms with Crippen LogP contribution in [0.15, 0.2) is 48.5 Å². The van der Waals surface area contributed by atoms with Gasteiger partial charge < -0.3 is 19.3 Å². The number of carbonyl (C=O) groups is 1. The number of fused-ring (bicyclic) bond motifs is 1. The van der Waals surface area contributed by atoms with Crippen LogP contribution in [0.1, 0.15) is 6.42 Å². The van der Waals surface area contributed by atoms with Gasteiger partial charge in [0.05, 0.1) is 5.69 Å². The normalized spacial score (nSPS) is 19.2. The Morgan fingerprint density at radius 1 is 0.774 bits per heavy atom. The zero-order valence-electron chi connectivity index (χ0n) is 17.9. The van der Waals surface area contributed by atoms with Crippen molar-refractivity contribution in [1.29, 1.82) is 0 Å². The number of anilines is 2. The number of para-hydroxylation sites is 2. The fraction of sp³-hybridized carbons (Fsp3) is 0.458. The Hall–Kier alpha value is -2.93. The van der Waals surface area contributed by atoms with Crippen molar-refractivity contribution in [3.05, 3.63) is 48.5 Å². The van der Waals surface area contributed by atoms with E-state index >= 15 is 0 Å². The van der Waals surface area contributed by atoms with Gasteiger partial charge in [-0.25, -0.2) is 4.79 Å². The van der Waals surface area contributed by atoms with Gasteiger partial charge in [0.25, 0.3) is 0 Å². The molecule has 0 aromatic heterocycles. The highest BCUT2D eigenvalue weighted by atomic mass is 16.6. The number of amides is 2. The molecule has 7 heteroatoms. The zero-order chi connectivity index (χ0) is 21.0. The van der Waals surface area contributed by atoms with Gasteiger partial charge in [-0.15, -0.1) is 0 Å². The zero-order valence-corrected chi connectivity index (χ0v) is 17.9. The molecule has 0 saturated carbocycles. The summed E-state index contributed by atoms with van der Waals surface area (Å²) in [4.78, 5) is 21.5. The number of piperazine rings is 1. The van der Waals surface area contributed by atoms with E-state index in [4.69, 9.17) is 9.47 Å². The number of hydrogen-bond acceptors (Lipinski definition) is 5. The first-order chi connectivity index (χ1) is 15.3. The topological polar surface area (TPSA) is 48.5 Å². The minimum Gasteiger partial charge on any atom is -0.486 e. The van der Waals surface area contributed by atoms with Crippen LogP contribution in [0.5, 0.6) is 11.5 Å². The van der Waals surface area contributed by atoms with E-state index in [-0.39, 0.29) is 6.03 Å². The number of urea groups is 1. The number of rotatable bonds is 6. The summed E-state index contributed by atoms with van der Waals surface area (Å²) in [7, 11) is 0. The van der Waals surface area contributed by atoms with Gasteiger partial charge in [0, 0.05) is 51.5 Å². The van der Waals surface area contributed by atoms with E-state index in [2.05, 4.69) is 15.9 Å². The van der Waals surface area contributed by atoms with Crippen LogP contribution >= 0.6 is 0 Å². The molecule has 0 aliphatic carbocycles. The maximum absolute atomic E-state index is 12.7. The number of benzene rings is 2. The molecule has 0 atom stereocenters. The molecular formula is C24H30N4O3. The molecule has 7 nitrogen and oxygen atoms in total. The number of ether oxygens (including phenoxy) is 2. The van der Waals surface area contributed by atoms with Crippen LogP contribution in [0.3, 0.4) is 0 Å². The van der Waals surface area contributed by atoms with Gasteiger partial charge in [-0.05, 0) is 37.2 Å². The van der Waals surface area contributed by atoms with E-state index in [1.807, 2.05) is 52.3 Å². The third-order valence-corrected chi connectivity index (χ3v) is 6.32. The van der Waals surface area contributed by atoms with Gasteiger partial charge in [0.1, 0.15) is 13.2 Å². The molecule has 3 aliphatic rings. The summed E-state index contributed by atoms with van der Waals surface area (Å²) >= 11 is 0. The highest BCUT2D eigenvalue weighted by Crippen LogP contribution is 2.39. The summed E-state index contributed by atoms with van der Waals surface area (Å²) in [6, 6.07) is 16.2. The van der Waals surface area contributed by atoms with E-state index in [0.717, 1.165) is 81.7 Å². The Bertz CT molecular complexity index is 899. The van der Waals surface area contributed by atoms with Crippen molar-refractivity contribution in [3.63, 3.8) is 0 Å². The molecule has 2 aromatic carbocycles. The minimum atomic E-state index is 0.132. The second-order valence-corrected chi connectivity index (χ2v) is 8.24. The van der Waals surface area contributed by atoms with Crippen molar-refractivity contribution < 1.29 is 14.3 Å². The highest BCUT2D eigenvalue weighted by Gasteiger charge is 2.29. The molecule has 3 heterocycles. The minimum absolute atomic E-state index is 0.132. The molecule has 0 unspecified atom stereocenters. The molecule has 5 rings (SSSR count).